The molecule has 0 fully saturated rings. The number of carbonyl (C=O) groups is 1. The van der Waals surface area contributed by atoms with Gasteiger partial charge in [-0.1, -0.05) is 6.92 Å². The molecular formula is C15H17FN2O2. The number of halogens is 1. The van der Waals surface area contributed by atoms with E-state index in [0.29, 0.717) is 18.0 Å². The summed E-state index contributed by atoms with van der Waals surface area (Å²) < 4.78 is 20.1. The number of aromatic nitrogens is 2. The molecule has 2 rings (SSSR count). The van der Waals surface area contributed by atoms with Crippen molar-refractivity contribution in [3.8, 4) is 5.75 Å². The van der Waals surface area contributed by atoms with E-state index in [9.17, 15) is 9.18 Å². The number of ether oxygens (including phenoxy) is 1. The van der Waals surface area contributed by atoms with Crippen molar-refractivity contribution in [1.29, 1.82) is 0 Å². The second kappa shape index (κ2) is 5.86. The first-order valence-corrected chi connectivity index (χ1v) is 6.55. The van der Waals surface area contributed by atoms with Crippen LogP contribution in [0.15, 0.2) is 24.3 Å². The zero-order valence-corrected chi connectivity index (χ0v) is 11.8. The summed E-state index contributed by atoms with van der Waals surface area (Å²) in [5, 5.41) is 4.33. The van der Waals surface area contributed by atoms with E-state index in [-0.39, 0.29) is 11.3 Å². The van der Waals surface area contributed by atoms with Crippen molar-refractivity contribution in [1.82, 2.24) is 9.78 Å². The van der Waals surface area contributed by atoms with Crippen LogP contribution in [-0.4, -0.2) is 22.7 Å². The lowest BCUT2D eigenvalue weighted by molar-refractivity contribution is 0.102. The highest BCUT2D eigenvalue weighted by Gasteiger charge is 2.20. The number of hydrogen-bond acceptors (Lipinski definition) is 3. The van der Waals surface area contributed by atoms with Crippen molar-refractivity contribution in [3.63, 3.8) is 0 Å². The van der Waals surface area contributed by atoms with Crippen LogP contribution in [0.1, 0.15) is 35.6 Å². The molecule has 0 aliphatic rings. The van der Waals surface area contributed by atoms with Gasteiger partial charge < -0.3 is 4.74 Å². The van der Waals surface area contributed by atoms with Crippen LogP contribution in [0.2, 0.25) is 0 Å². The minimum atomic E-state index is -0.465. The lowest BCUT2D eigenvalue weighted by Gasteiger charge is -2.08. The molecule has 0 radical (unpaired) electrons. The third-order valence-corrected chi connectivity index (χ3v) is 3.13. The maximum atomic E-state index is 13.4. The highest BCUT2D eigenvalue weighted by molar-refractivity contribution is 6.09. The van der Waals surface area contributed by atoms with Crippen LogP contribution in [0.3, 0.4) is 0 Å². The van der Waals surface area contributed by atoms with Gasteiger partial charge in [0.1, 0.15) is 17.3 Å². The van der Waals surface area contributed by atoms with E-state index in [0.717, 1.165) is 12.1 Å². The van der Waals surface area contributed by atoms with Gasteiger partial charge in [-0.3, -0.25) is 9.48 Å². The molecule has 2 aromatic rings. The van der Waals surface area contributed by atoms with Crippen LogP contribution in [0, 0.1) is 5.82 Å². The summed E-state index contributed by atoms with van der Waals surface area (Å²) >= 11 is 0. The summed E-state index contributed by atoms with van der Waals surface area (Å²) in [7, 11) is 1.46. The first kappa shape index (κ1) is 14.2. The van der Waals surface area contributed by atoms with E-state index in [1.807, 2.05) is 13.8 Å². The highest BCUT2D eigenvalue weighted by atomic mass is 19.1. The maximum absolute atomic E-state index is 13.4. The summed E-state index contributed by atoms with van der Waals surface area (Å²) in [5.41, 5.74) is 1.50. The number of nitrogens with zero attached hydrogens (tertiary/aromatic N) is 2. The van der Waals surface area contributed by atoms with Gasteiger partial charge in [0, 0.05) is 6.54 Å². The first-order valence-electron chi connectivity index (χ1n) is 6.55. The SMILES string of the molecule is CCc1cc(C(=O)c2cc(F)ccc2OC)n(CC)n1. The van der Waals surface area contributed by atoms with Crippen molar-refractivity contribution in [2.75, 3.05) is 7.11 Å². The predicted molar refractivity (Wildman–Crippen MR) is 73.7 cm³/mol. The Hall–Kier alpha value is -2.17. The molecule has 0 aliphatic carbocycles. The van der Waals surface area contributed by atoms with Gasteiger partial charge in [-0.25, -0.2) is 4.39 Å². The largest absolute Gasteiger partial charge is 0.496 e. The van der Waals surface area contributed by atoms with Crippen molar-refractivity contribution in [2.45, 2.75) is 26.8 Å². The molecule has 4 nitrogen and oxygen atoms in total. The standard InChI is InChI=1S/C15H17FN2O2/c1-4-11-9-13(18(5-2)17-11)15(19)12-8-10(16)6-7-14(12)20-3/h6-9H,4-5H2,1-3H3. The summed E-state index contributed by atoms with van der Waals surface area (Å²) in [6, 6.07) is 5.66. The van der Waals surface area contributed by atoms with Gasteiger partial charge in [0.25, 0.3) is 0 Å². The summed E-state index contributed by atoms with van der Waals surface area (Å²) in [5.74, 6) is -0.388. The maximum Gasteiger partial charge on any atom is 0.214 e. The number of rotatable bonds is 5. The predicted octanol–water partition coefficient (Wildman–Crippen LogP) is 2.84. The third kappa shape index (κ3) is 2.57. The molecule has 0 saturated heterocycles. The molecular weight excluding hydrogens is 259 g/mol. The molecule has 0 unspecified atom stereocenters. The average molecular weight is 276 g/mol. The van der Waals surface area contributed by atoms with Crippen LogP contribution in [-0.2, 0) is 13.0 Å². The zero-order chi connectivity index (χ0) is 14.7. The Morgan fingerprint density at radius 1 is 1.35 bits per heavy atom. The molecule has 1 aromatic heterocycles. The minimum absolute atomic E-state index is 0.213. The second-order valence-corrected chi connectivity index (χ2v) is 4.36. The third-order valence-electron chi connectivity index (χ3n) is 3.13. The normalized spacial score (nSPS) is 10.6. The molecule has 0 atom stereocenters. The van der Waals surface area contributed by atoms with Crippen molar-refractivity contribution >= 4 is 5.78 Å². The van der Waals surface area contributed by atoms with Gasteiger partial charge >= 0.3 is 0 Å². The molecule has 0 spiro atoms. The lowest BCUT2D eigenvalue weighted by atomic mass is 10.1. The number of carbonyl (C=O) groups excluding carboxylic acids is 1. The van der Waals surface area contributed by atoms with Crippen LogP contribution >= 0.6 is 0 Å². The Labute approximate surface area is 117 Å². The van der Waals surface area contributed by atoms with Gasteiger partial charge in [-0.15, -0.1) is 0 Å². The molecule has 5 heteroatoms. The van der Waals surface area contributed by atoms with Crippen molar-refractivity contribution in [3.05, 3.63) is 47.0 Å². The first-order chi connectivity index (χ1) is 9.60. The van der Waals surface area contributed by atoms with Gasteiger partial charge in [0.05, 0.1) is 18.4 Å². The van der Waals surface area contributed by atoms with E-state index in [4.69, 9.17) is 4.74 Å². The Morgan fingerprint density at radius 2 is 2.10 bits per heavy atom. The Morgan fingerprint density at radius 3 is 2.70 bits per heavy atom. The molecule has 0 amide bonds. The van der Waals surface area contributed by atoms with Crippen molar-refractivity contribution in [2.24, 2.45) is 0 Å². The van der Waals surface area contributed by atoms with E-state index in [2.05, 4.69) is 5.10 Å². The Kier molecular flexibility index (Phi) is 4.17. The fraction of sp³-hybridized carbons (Fsp3) is 0.333. The van der Waals surface area contributed by atoms with E-state index in [1.165, 1.54) is 25.3 Å². The molecule has 0 aliphatic heterocycles. The zero-order valence-electron chi connectivity index (χ0n) is 11.8. The average Bonchev–Trinajstić information content (AvgIpc) is 2.89. The molecule has 1 heterocycles. The second-order valence-electron chi connectivity index (χ2n) is 4.36. The van der Waals surface area contributed by atoms with Crippen LogP contribution in [0.25, 0.3) is 0 Å². The molecule has 0 N–H and O–H groups in total. The molecule has 20 heavy (non-hydrogen) atoms. The summed E-state index contributed by atoms with van der Waals surface area (Å²) in [4.78, 5) is 12.6. The minimum Gasteiger partial charge on any atom is -0.496 e. The Bertz CT molecular complexity index is 635. The number of methoxy groups -OCH3 is 1. The lowest BCUT2D eigenvalue weighted by Crippen LogP contribution is -2.11. The number of aryl methyl sites for hydroxylation is 2. The van der Waals surface area contributed by atoms with E-state index >= 15 is 0 Å². The Balaban J connectivity index is 2.50. The number of benzene rings is 1. The smallest absolute Gasteiger partial charge is 0.214 e. The van der Waals surface area contributed by atoms with Crippen LogP contribution in [0.4, 0.5) is 4.39 Å². The fourth-order valence-corrected chi connectivity index (χ4v) is 2.06. The highest BCUT2D eigenvalue weighted by Crippen LogP contribution is 2.23. The topological polar surface area (TPSA) is 44.1 Å². The molecule has 106 valence electrons. The van der Waals surface area contributed by atoms with Crippen LogP contribution in [0.5, 0.6) is 5.75 Å². The molecule has 0 bridgehead atoms. The number of hydrogen-bond donors (Lipinski definition) is 0. The van der Waals surface area contributed by atoms with Gasteiger partial charge in [-0.2, -0.15) is 5.10 Å². The fourth-order valence-electron chi connectivity index (χ4n) is 2.06. The summed E-state index contributed by atoms with van der Waals surface area (Å²) in [6.45, 7) is 4.46. The molecule has 0 saturated carbocycles. The van der Waals surface area contributed by atoms with Crippen LogP contribution < -0.4 is 4.74 Å². The summed E-state index contributed by atoms with van der Waals surface area (Å²) in [6.07, 6.45) is 0.744. The van der Waals surface area contributed by atoms with Gasteiger partial charge in [-0.05, 0) is 37.6 Å². The van der Waals surface area contributed by atoms with Gasteiger partial charge in [0.15, 0.2) is 0 Å². The monoisotopic (exact) mass is 276 g/mol. The molecule has 1 aromatic carbocycles. The quantitative estimate of drug-likeness (QED) is 0.789. The van der Waals surface area contributed by atoms with Crippen molar-refractivity contribution < 1.29 is 13.9 Å². The number of ketones is 1. The van der Waals surface area contributed by atoms with E-state index < -0.39 is 5.82 Å². The van der Waals surface area contributed by atoms with E-state index in [1.54, 1.807) is 10.7 Å². The van der Waals surface area contributed by atoms with Gasteiger partial charge in [0.2, 0.25) is 5.78 Å².